The lowest BCUT2D eigenvalue weighted by Gasteiger charge is -2.26. The Labute approximate surface area is 154 Å². The van der Waals surface area contributed by atoms with Crippen LogP contribution >= 0.6 is 0 Å². The van der Waals surface area contributed by atoms with Gasteiger partial charge in [-0.1, -0.05) is 48.5 Å². The minimum Gasteiger partial charge on any atom is -0.452 e. The Morgan fingerprint density at radius 1 is 1.04 bits per heavy atom. The molecule has 26 heavy (non-hydrogen) atoms. The van der Waals surface area contributed by atoms with Gasteiger partial charge in [0, 0.05) is 13.1 Å². The van der Waals surface area contributed by atoms with Gasteiger partial charge in [0.1, 0.15) is 0 Å². The number of nitrogens with zero attached hydrogens (tertiary/aromatic N) is 1. The van der Waals surface area contributed by atoms with E-state index in [4.69, 9.17) is 4.74 Å². The maximum atomic E-state index is 12.3. The SMILES string of the molecule is Cc1cccc(C(=O)OCC(=O)N2CC=C(c3ccccc3)CC2)c1C. The molecule has 0 atom stereocenters. The molecule has 0 N–H and O–H groups in total. The predicted molar refractivity (Wildman–Crippen MR) is 102 cm³/mol. The molecule has 4 heteroatoms. The fourth-order valence-corrected chi connectivity index (χ4v) is 3.08. The maximum absolute atomic E-state index is 12.3. The molecule has 0 unspecified atom stereocenters. The van der Waals surface area contributed by atoms with Gasteiger partial charge in [-0.15, -0.1) is 0 Å². The van der Waals surface area contributed by atoms with E-state index in [9.17, 15) is 9.59 Å². The summed E-state index contributed by atoms with van der Waals surface area (Å²) in [4.78, 5) is 26.3. The van der Waals surface area contributed by atoms with Crippen molar-refractivity contribution in [1.82, 2.24) is 4.90 Å². The third-order valence-electron chi connectivity index (χ3n) is 4.86. The summed E-state index contributed by atoms with van der Waals surface area (Å²) in [6.45, 7) is 4.79. The Hall–Kier alpha value is -2.88. The van der Waals surface area contributed by atoms with E-state index in [0.717, 1.165) is 17.5 Å². The van der Waals surface area contributed by atoms with Crippen molar-refractivity contribution in [2.45, 2.75) is 20.3 Å². The van der Waals surface area contributed by atoms with E-state index in [-0.39, 0.29) is 12.5 Å². The third-order valence-corrected chi connectivity index (χ3v) is 4.86. The average molecular weight is 349 g/mol. The van der Waals surface area contributed by atoms with E-state index in [1.165, 1.54) is 11.1 Å². The molecular formula is C22H23NO3. The normalized spacial score (nSPS) is 13.9. The molecule has 0 fully saturated rings. The Bertz CT molecular complexity index is 840. The molecule has 0 spiro atoms. The summed E-state index contributed by atoms with van der Waals surface area (Å²) in [7, 11) is 0. The zero-order valence-electron chi connectivity index (χ0n) is 15.2. The first-order valence-electron chi connectivity index (χ1n) is 8.82. The summed E-state index contributed by atoms with van der Waals surface area (Å²) >= 11 is 0. The zero-order valence-corrected chi connectivity index (χ0v) is 15.2. The van der Waals surface area contributed by atoms with Crippen LogP contribution in [-0.4, -0.2) is 36.5 Å². The van der Waals surface area contributed by atoms with Crippen molar-refractivity contribution in [3.05, 3.63) is 76.9 Å². The Balaban J connectivity index is 1.55. The van der Waals surface area contributed by atoms with Gasteiger partial charge in [-0.3, -0.25) is 4.79 Å². The van der Waals surface area contributed by atoms with Gasteiger partial charge in [-0.2, -0.15) is 0 Å². The average Bonchev–Trinajstić information content (AvgIpc) is 2.69. The van der Waals surface area contributed by atoms with Gasteiger partial charge >= 0.3 is 5.97 Å². The lowest BCUT2D eigenvalue weighted by molar-refractivity contribution is -0.134. The van der Waals surface area contributed by atoms with Crippen LogP contribution in [0.1, 0.15) is 33.5 Å². The second-order valence-electron chi connectivity index (χ2n) is 6.51. The number of carbonyl (C=O) groups excluding carboxylic acids is 2. The largest absolute Gasteiger partial charge is 0.452 e. The molecule has 0 bridgehead atoms. The van der Waals surface area contributed by atoms with Crippen molar-refractivity contribution < 1.29 is 14.3 Å². The van der Waals surface area contributed by atoms with E-state index in [1.54, 1.807) is 11.0 Å². The zero-order chi connectivity index (χ0) is 18.5. The molecule has 2 aromatic rings. The number of rotatable bonds is 4. The van der Waals surface area contributed by atoms with Gasteiger partial charge in [0.25, 0.3) is 5.91 Å². The third kappa shape index (κ3) is 4.02. The van der Waals surface area contributed by atoms with Gasteiger partial charge < -0.3 is 9.64 Å². The maximum Gasteiger partial charge on any atom is 0.338 e. The van der Waals surface area contributed by atoms with Crippen LogP contribution in [0, 0.1) is 13.8 Å². The van der Waals surface area contributed by atoms with Gasteiger partial charge in [0.2, 0.25) is 0 Å². The van der Waals surface area contributed by atoms with Crippen LogP contribution in [0.3, 0.4) is 0 Å². The van der Waals surface area contributed by atoms with Gasteiger partial charge in [-0.05, 0) is 48.6 Å². The number of hydrogen-bond donors (Lipinski definition) is 0. The lowest BCUT2D eigenvalue weighted by Crippen LogP contribution is -2.37. The highest BCUT2D eigenvalue weighted by atomic mass is 16.5. The molecule has 0 aromatic heterocycles. The lowest BCUT2D eigenvalue weighted by atomic mass is 9.99. The molecule has 4 nitrogen and oxygen atoms in total. The highest BCUT2D eigenvalue weighted by Gasteiger charge is 2.20. The van der Waals surface area contributed by atoms with Crippen molar-refractivity contribution in [2.75, 3.05) is 19.7 Å². The predicted octanol–water partition coefficient (Wildman–Crippen LogP) is 3.78. The minimum absolute atomic E-state index is 0.160. The quantitative estimate of drug-likeness (QED) is 0.789. The van der Waals surface area contributed by atoms with Crippen molar-refractivity contribution in [2.24, 2.45) is 0 Å². The molecule has 134 valence electrons. The Morgan fingerprint density at radius 3 is 2.50 bits per heavy atom. The summed E-state index contributed by atoms with van der Waals surface area (Å²) in [6.07, 6.45) is 2.88. The molecular weight excluding hydrogens is 326 g/mol. The second kappa shape index (κ2) is 8.00. The first kappa shape index (κ1) is 17.9. The van der Waals surface area contributed by atoms with Crippen LogP contribution in [0.25, 0.3) is 5.57 Å². The monoisotopic (exact) mass is 349 g/mol. The number of aryl methyl sites for hydroxylation is 1. The molecule has 1 aliphatic heterocycles. The van der Waals surface area contributed by atoms with Gasteiger partial charge in [-0.25, -0.2) is 4.79 Å². The van der Waals surface area contributed by atoms with E-state index in [1.807, 2.05) is 44.2 Å². The van der Waals surface area contributed by atoms with E-state index in [2.05, 4.69) is 18.2 Å². The molecule has 0 aliphatic carbocycles. The second-order valence-corrected chi connectivity index (χ2v) is 6.51. The summed E-state index contributed by atoms with van der Waals surface area (Å²) in [5.74, 6) is -0.607. The highest BCUT2D eigenvalue weighted by Crippen LogP contribution is 2.22. The van der Waals surface area contributed by atoms with Crippen LogP contribution in [-0.2, 0) is 9.53 Å². The fourth-order valence-electron chi connectivity index (χ4n) is 3.08. The number of hydrogen-bond acceptors (Lipinski definition) is 3. The number of benzene rings is 2. The molecule has 0 saturated heterocycles. The molecule has 1 aliphatic rings. The van der Waals surface area contributed by atoms with E-state index >= 15 is 0 Å². The number of esters is 1. The van der Waals surface area contributed by atoms with Crippen LogP contribution in [0.2, 0.25) is 0 Å². The summed E-state index contributed by atoms with van der Waals surface area (Å²) in [5, 5.41) is 0. The van der Waals surface area contributed by atoms with Crippen molar-refractivity contribution in [3.8, 4) is 0 Å². The first-order valence-corrected chi connectivity index (χ1v) is 8.82. The Kier molecular flexibility index (Phi) is 5.52. The van der Waals surface area contributed by atoms with Crippen LogP contribution in [0.4, 0.5) is 0 Å². The smallest absolute Gasteiger partial charge is 0.338 e. The number of amides is 1. The molecule has 1 amide bonds. The number of carbonyl (C=O) groups is 2. The van der Waals surface area contributed by atoms with Gasteiger partial charge in [0.15, 0.2) is 6.61 Å². The molecule has 3 rings (SSSR count). The molecule has 0 saturated carbocycles. The highest BCUT2D eigenvalue weighted by molar-refractivity contribution is 5.93. The summed E-state index contributed by atoms with van der Waals surface area (Å²) in [6, 6.07) is 15.7. The molecule has 1 heterocycles. The molecule has 2 aromatic carbocycles. The van der Waals surface area contributed by atoms with Crippen LogP contribution in [0.15, 0.2) is 54.6 Å². The van der Waals surface area contributed by atoms with E-state index in [0.29, 0.717) is 18.7 Å². The van der Waals surface area contributed by atoms with Crippen molar-refractivity contribution >= 4 is 17.4 Å². The Morgan fingerprint density at radius 2 is 1.81 bits per heavy atom. The van der Waals surface area contributed by atoms with Crippen molar-refractivity contribution in [1.29, 1.82) is 0 Å². The van der Waals surface area contributed by atoms with Crippen LogP contribution < -0.4 is 0 Å². The summed E-state index contributed by atoms with van der Waals surface area (Å²) in [5.41, 5.74) is 4.88. The fraction of sp³-hybridized carbons (Fsp3) is 0.273. The van der Waals surface area contributed by atoms with Crippen molar-refractivity contribution in [3.63, 3.8) is 0 Å². The standard InChI is InChI=1S/C22H23NO3/c1-16-7-6-10-20(17(16)2)22(25)26-15-21(24)23-13-11-19(12-14-23)18-8-4-3-5-9-18/h3-11H,12-15H2,1-2H3. The van der Waals surface area contributed by atoms with Gasteiger partial charge in [0.05, 0.1) is 5.56 Å². The summed E-state index contributed by atoms with van der Waals surface area (Å²) < 4.78 is 5.24. The van der Waals surface area contributed by atoms with E-state index < -0.39 is 5.97 Å². The minimum atomic E-state index is -0.447. The molecule has 0 radical (unpaired) electrons. The topological polar surface area (TPSA) is 46.6 Å². The van der Waals surface area contributed by atoms with Crippen LogP contribution in [0.5, 0.6) is 0 Å². The number of ether oxygens (including phenoxy) is 1. The first-order chi connectivity index (χ1) is 12.6.